The van der Waals surface area contributed by atoms with Gasteiger partial charge in [-0.2, -0.15) is 17.8 Å². The normalized spacial score (nSPS) is 16.0. The lowest BCUT2D eigenvalue weighted by Crippen LogP contribution is -2.42. The van der Waals surface area contributed by atoms with E-state index in [4.69, 9.17) is 32.7 Å². The number of carbonyl (C=O) groups is 2. The first kappa shape index (κ1) is 34.2. The van der Waals surface area contributed by atoms with Crippen molar-refractivity contribution in [3.05, 3.63) is 86.8 Å². The minimum Gasteiger partial charge on any atom is -0.619 e. The van der Waals surface area contributed by atoms with Crippen LogP contribution in [0.15, 0.2) is 59.8 Å². The van der Waals surface area contributed by atoms with Crippen molar-refractivity contribution in [2.24, 2.45) is 0 Å². The number of hydrogen-bond acceptors (Lipinski definition) is 8. The number of hydrogen-bond donors (Lipinski definition) is 0. The lowest BCUT2D eigenvalue weighted by atomic mass is 10.0. The maximum Gasteiger partial charge on any atom is 0.387 e. The summed E-state index contributed by atoms with van der Waals surface area (Å²) in [5.41, 5.74) is 0.659. The molecule has 3 aromatic rings. The summed E-state index contributed by atoms with van der Waals surface area (Å²) in [6.45, 7) is -3.11. The molecular weight excluding hydrogens is 659 g/mol. The molecule has 2 heterocycles. The van der Waals surface area contributed by atoms with Crippen LogP contribution in [0.5, 0.6) is 11.5 Å². The van der Waals surface area contributed by atoms with Crippen LogP contribution in [0.2, 0.25) is 10.0 Å². The van der Waals surface area contributed by atoms with E-state index in [-0.39, 0.29) is 62.5 Å². The second kappa shape index (κ2) is 14.1. The van der Waals surface area contributed by atoms with Gasteiger partial charge in [-0.25, -0.2) is 8.42 Å². The molecule has 1 aliphatic rings. The van der Waals surface area contributed by atoms with Gasteiger partial charge in [0.1, 0.15) is 22.2 Å². The molecule has 0 aliphatic carbocycles. The number of amides is 1. The van der Waals surface area contributed by atoms with Gasteiger partial charge in [0.15, 0.2) is 23.9 Å². The molecule has 4 rings (SSSR count). The highest BCUT2D eigenvalue weighted by Crippen LogP contribution is 2.37. The van der Waals surface area contributed by atoms with Crippen molar-refractivity contribution < 1.29 is 45.7 Å². The zero-order valence-corrected chi connectivity index (χ0v) is 26.6. The lowest BCUT2D eigenvalue weighted by molar-refractivity contribution is -0.605. The largest absolute Gasteiger partial charge is 0.619 e. The minimum atomic E-state index is -4.25. The molecule has 1 amide bonds. The highest BCUT2D eigenvalue weighted by Gasteiger charge is 2.41. The van der Waals surface area contributed by atoms with E-state index in [1.807, 2.05) is 0 Å². The highest BCUT2D eigenvalue weighted by molar-refractivity contribution is 7.89. The minimum absolute atomic E-state index is 0.0198. The molecule has 45 heavy (non-hydrogen) atoms. The third-order valence-electron chi connectivity index (χ3n) is 7.05. The number of ether oxygens (including phenoxy) is 3. The first-order valence-electron chi connectivity index (χ1n) is 13.5. The predicted octanol–water partition coefficient (Wildman–Crippen LogP) is 4.62. The second-order valence-electron chi connectivity index (χ2n) is 10.2. The first-order valence-corrected chi connectivity index (χ1v) is 15.7. The molecule has 1 aliphatic heterocycles. The van der Waals surface area contributed by atoms with Gasteiger partial charge in [-0.3, -0.25) is 9.59 Å². The Balaban J connectivity index is 1.68. The van der Waals surface area contributed by atoms with Gasteiger partial charge in [-0.15, -0.1) is 0 Å². The fourth-order valence-electron chi connectivity index (χ4n) is 4.88. The molecule has 11 nitrogen and oxygen atoms in total. The van der Waals surface area contributed by atoms with Crippen molar-refractivity contribution in [1.29, 1.82) is 0 Å². The summed E-state index contributed by atoms with van der Waals surface area (Å²) in [5, 5.41) is 11.8. The van der Waals surface area contributed by atoms with Gasteiger partial charge in [0, 0.05) is 38.2 Å². The molecule has 1 aromatic heterocycles. The second-order valence-corrected chi connectivity index (χ2v) is 12.9. The summed E-state index contributed by atoms with van der Waals surface area (Å²) in [6, 6.07) is 8.19. The number of benzene rings is 2. The van der Waals surface area contributed by atoms with E-state index in [1.54, 1.807) is 0 Å². The Bertz CT molecular complexity index is 1670. The predicted molar refractivity (Wildman–Crippen MR) is 159 cm³/mol. The topological polar surface area (TPSA) is 129 Å². The van der Waals surface area contributed by atoms with Gasteiger partial charge in [0.05, 0.1) is 12.0 Å². The fourth-order valence-corrected chi connectivity index (χ4v) is 7.17. The summed E-state index contributed by atoms with van der Waals surface area (Å²) < 4.78 is 70.3. The van der Waals surface area contributed by atoms with Gasteiger partial charge in [0.25, 0.3) is 5.91 Å². The van der Waals surface area contributed by atoms with Gasteiger partial charge in [-0.1, -0.05) is 35.3 Å². The van der Waals surface area contributed by atoms with Crippen LogP contribution < -0.4 is 14.2 Å². The number of halogens is 4. The number of rotatable bonds is 11. The number of carbonyl (C=O) groups excluding carboxylic acids is 2. The van der Waals surface area contributed by atoms with Crippen LogP contribution in [0.1, 0.15) is 40.4 Å². The summed E-state index contributed by atoms with van der Waals surface area (Å²) in [7, 11) is 0.0641. The Labute approximate surface area is 268 Å². The number of sulfonamides is 1. The Morgan fingerprint density at radius 1 is 1.11 bits per heavy atom. The van der Waals surface area contributed by atoms with E-state index in [9.17, 15) is 32.0 Å². The van der Waals surface area contributed by atoms with Gasteiger partial charge in [0.2, 0.25) is 10.0 Å². The van der Waals surface area contributed by atoms with E-state index in [0.29, 0.717) is 11.2 Å². The molecule has 16 heteroatoms. The number of aromatic nitrogens is 1. The molecule has 2 aromatic carbocycles. The van der Waals surface area contributed by atoms with E-state index in [0.717, 1.165) is 16.7 Å². The number of pyridine rings is 1. The summed E-state index contributed by atoms with van der Waals surface area (Å²) in [4.78, 5) is 27.3. The molecule has 242 valence electrons. The first-order chi connectivity index (χ1) is 21.2. The molecule has 0 unspecified atom stereocenters. The Morgan fingerprint density at radius 3 is 2.42 bits per heavy atom. The van der Waals surface area contributed by atoms with Crippen LogP contribution in [0.3, 0.4) is 0 Å². The summed E-state index contributed by atoms with van der Waals surface area (Å²) in [5.74, 6) is -1.65. The molecule has 0 saturated carbocycles. The smallest absolute Gasteiger partial charge is 0.387 e. The molecule has 2 atom stereocenters. The molecule has 1 saturated heterocycles. The van der Waals surface area contributed by atoms with Gasteiger partial charge in [-0.05, 0) is 48.7 Å². The van der Waals surface area contributed by atoms with Gasteiger partial charge >= 0.3 is 12.6 Å². The van der Waals surface area contributed by atoms with E-state index in [2.05, 4.69) is 4.74 Å². The molecule has 0 bridgehead atoms. The lowest BCUT2D eigenvalue weighted by Gasteiger charge is -2.26. The Kier molecular flexibility index (Phi) is 10.7. The Morgan fingerprint density at radius 2 is 1.80 bits per heavy atom. The van der Waals surface area contributed by atoms with Crippen molar-refractivity contribution in [2.45, 2.75) is 42.9 Å². The number of alkyl halides is 2. The van der Waals surface area contributed by atoms with Crippen LogP contribution in [-0.2, 0) is 26.0 Å². The maximum absolute atomic E-state index is 13.7. The van der Waals surface area contributed by atoms with Crippen LogP contribution >= 0.6 is 23.2 Å². The number of nitrogens with zero attached hydrogens (tertiary/aromatic N) is 3. The van der Waals surface area contributed by atoms with Crippen LogP contribution in [0.4, 0.5) is 8.78 Å². The van der Waals surface area contributed by atoms with Gasteiger partial charge < -0.3 is 24.3 Å². The van der Waals surface area contributed by atoms with Crippen molar-refractivity contribution >= 4 is 45.1 Å². The third-order valence-corrected chi connectivity index (χ3v) is 9.61. The SMILES string of the molecule is COc1cc([C@H](Cc2c(Cl)c[n+]([O-])cc2Cl)OC(=O)[C@@H]2CCCN2S(=O)(=O)c2cccc(C(=O)N(C)C)c2)ccc1OC(F)F. The highest BCUT2D eigenvalue weighted by atomic mass is 35.5. The Hall–Kier alpha value is -3.72. The molecular formula is C29H29Cl2F2N3O8S. The molecule has 0 spiro atoms. The zero-order valence-electron chi connectivity index (χ0n) is 24.3. The quantitative estimate of drug-likeness (QED) is 0.162. The van der Waals surface area contributed by atoms with Crippen molar-refractivity contribution in [2.75, 3.05) is 27.7 Å². The third kappa shape index (κ3) is 7.75. The monoisotopic (exact) mass is 687 g/mol. The summed E-state index contributed by atoms with van der Waals surface area (Å²) in [6.07, 6.45) is 1.26. The zero-order chi connectivity index (χ0) is 33.1. The van der Waals surface area contributed by atoms with Crippen LogP contribution in [0.25, 0.3) is 0 Å². The van der Waals surface area contributed by atoms with Crippen LogP contribution in [-0.4, -0.2) is 69.9 Å². The van der Waals surface area contributed by atoms with E-state index >= 15 is 0 Å². The average Bonchev–Trinajstić information content (AvgIpc) is 3.49. The molecule has 0 radical (unpaired) electrons. The standard InChI is InChI=1S/C29H29Cl2F2N3O8S/c1-34(2)27(37)18-6-4-7-19(12-18)45(40,41)36-11-5-8-23(36)28(38)43-25(14-20-21(30)15-35(39)16-22(20)31)17-9-10-24(44-29(32)33)26(13-17)42-3/h4,6-7,9-10,12-13,15-16,23,25,29H,5,8,11,14H2,1-3H3/t23-,25-/m0/s1. The maximum atomic E-state index is 13.7. The summed E-state index contributed by atoms with van der Waals surface area (Å²) >= 11 is 12.6. The molecule has 0 N–H and O–H groups in total. The van der Waals surface area contributed by atoms with Crippen molar-refractivity contribution in [1.82, 2.24) is 9.21 Å². The van der Waals surface area contributed by atoms with Crippen molar-refractivity contribution in [3.63, 3.8) is 0 Å². The van der Waals surface area contributed by atoms with E-state index in [1.165, 1.54) is 68.6 Å². The van der Waals surface area contributed by atoms with Crippen molar-refractivity contribution in [3.8, 4) is 11.5 Å². The van der Waals surface area contributed by atoms with Crippen LogP contribution in [0, 0.1) is 5.21 Å². The average molecular weight is 689 g/mol. The number of methoxy groups -OCH3 is 1. The van der Waals surface area contributed by atoms with E-state index < -0.39 is 40.7 Å². The molecule has 1 fully saturated rings. The number of esters is 1. The fraction of sp³-hybridized carbons (Fsp3) is 0.345.